The van der Waals surface area contributed by atoms with Crippen LogP contribution in [0.2, 0.25) is 0 Å². The lowest BCUT2D eigenvalue weighted by Crippen LogP contribution is -2.26. The molecule has 1 aromatic rings. The van der Waals surface area contributed by atoms with Crippen molar-refractivity contribution in [3.63, 3.8) is 0 Å². The largest absolute Gasteiger partial charge is 0.489 e. The Bertz CT molecular complexity index is 365. The average Bonchev–Trinajstić information content (AvgIpc) is 2.34. The van der Waals surface area contributed by atoms with E-state index in [0.717, 1.165) is 17.9 Å². The molecule has 2 nitrogen and oxygen atoms in total. The highest BCUT2D eigenvalue weighted by Gasteiger charge is 2.01. The smallest absolute Gasteiger partial charge is 0.119 e. The molecule has 0 amide bonds. The van der Waals surface area contributed by atoms with E-state index in [1.165, 1.54) is 5.56 Å². The van der Waals surface area contributed by atoms with Crippen molar-refractivity contribution in [2.45, 2.75) is 39.7 Å². The van der Waals surface area contributed by atoms with E-state index in [2.05, 4.69) is 51.7 Å². The van der Waals surface area contributed by atoms with Gasteiger partial charge in [0, 0.05) is 12.6 Å². The Hall–Kier alpha value is -1.28. The van der Waals surface area contributed by atoms with Gasteiger partial charge in [-0.25, -0.2) is 0 Å². The van der Waals surface area contributed by atoms with Crippen LogP contribution in [-0.4, -0.2) is 19.2 Å². The van der Waals surface area contributed by atoms with Gasteiger partial charge in [0.05, 0.1) is 0 Å². The van der Waals surface area contributed by atoms with Crippen LogP contribution in [0, 0.1) is 0 Å². The van der Waals surface area contributed by atoms with Crippen molar-refractivity contribution in [1.82, 2.24) is 5.32 Å². The standard InChI is InChI=1S/C16H25NO/c1-12(2)15-6-8-16(9-7-15)18-11-14(5)10-17-13(3)4/h6-9,12-13,17H,5,10-11H2,1-4H3. The van der Waals surface area contributed by atoms with E-state index in [9.17, 15) is 0 Å². The quantitative estimate of drug-likeness (QED) is 0.741. The molecule has 0 heterocycles. The number of ether oxygens (including phenoxy) is 1. The highest BCUT2D eigenvalue weighted by atomic mass is 16.5. The molecule has 0 unspecified atom stereocenters. The molecule has 1 rings (SSSR count). The van der Waals surface area contributed by atoms with Crippen LogP contribution in [0.1, 0.15) is 39.2 Å². The molecule has 0 aromatic heterocycles. The number of benzene rings is 1. The lowest BCUT2D eigenvalue weighted by Gasteiger charge is -2.12. The van der Waals surface area contributed by atoms with Crippen LogP contribution in [0.4, 0.5) is 0 Å². The van der Waals surface area contributed by atoms with Gasteiger partial charge in [-0.1, -0.05) is 46.4 Å². The first kappa shape index (κ1) is 14.8. The zero-order valence-corrected chi connectivity index (χ0v) is 12.0. The van der Waals surface area contributed by atoms with E-state index < -0.39 is 0 Å². The lowest BCUT2D eigenvalue weighted by atomic mass is 10.0. The summed E-state index contributed by atoms with van der Waals surface area (Å²) < 4.78 is 5.70. The maximum absolute atomic E-state index is 5.70. The second kappa shape index (κ2) is 7.22. The Kier molecular flexibility index (Phi) is 5.93. The minimum absolute atomic E-state index is 0.479. The summed E-state index contributed by atoms with van der Waals surface area (Å²) in [7, 11) is 0. The molecular weight excluding hydrogens is 222 g/mol. The van der Waals surface area contributed by atoms with Gasteiger partial charge in [-0.2, -0.15) is 0 Å². The third kappa shape index (κ3) is 5.37. The topological polar surface area (TPSA) is 21.3 Å². The molecule has 1 N–H and O–H groups in total. The van der Waals surface area contributed by atoms with E-state index in [4.69, 9.17) is 4.74 Å². The number of nitrogens with one attached hydrogen (secondary N) is 1. The lowest BCUT2D eigenvalue weighted by molar-refractivity contribution is 0.347. The predicted octanol–water partition coefficient (Wildman–Crippen LogP) is 3.74. The van der Waals surface area contributed by atoms with Crippen LogP contribution in [0.5, 0.6) is 5.75 Å². The monoisotopic (exact) mass is 247 g/mol. The van der Waals surface area contributed by atoms with Gasteiger partial charge in [0.15, 0.2) is 0 Å². The Balaban J connectivity index is 2.37. The summed E-state index contributed by atoms with van der Waals surface area (Å²) in [6.45, 7) is 14.0. The molecule has 0 bridgehead atoms. The molecule has 0 radical (unpaired) electrons. The van der Waals surface area contributed by atoms with Crippen molar-refractivity contribution in [3.8, 4) is 5.75 Å². The molecule has 0 atom stereocenters. The summed E-state index contributed by atoms with van der Waals surface area (Å²) >= 11 is 0. The molecule has 100 valence electrons. The molecule has 0 saturated heterocycles. The van der Waals surface area contributed by atoms with Gasteiger partial charge in [0.25, 0.3) is 0 Å². The van der Waals surface area contributed by atoms with Crippen molar-refractivity contribution >= 4 is 0 Å². The van der Waals surface area contributed by atoms with E-state index in [0.29, 0.717) is 18.6 Å². The molecule has 0 aliphatic rings. The van der Waals surface area contributed by atoms with Crippen LogP contribution in [0.25, 0.3) is 0 Å². The zero-order valence-electron chi connectivity index (χ0n) is 12.0. The summed E-state index contributed by atoms with van der Waals surface area (Å²) in [4.78, 5) is 0. The zero-order chi connectivity index (χ0) is 13.5. The predicted molar refractivity (Wildman–Crippen MR) is 78.3 cm³/mol. The Labute approximate surface area is 111 Å². The van der Waals surface area contributed by atoms with Crippen LogP contribution in [0.3, 0.4) is 0 Å². The first-order chi connectivity index (χ1) is 8.49. The first-order valence-corrected chi connectivity index (χ1v) is 6.62. The minimum atomic E-state index is 0.479. The van der Waals surface area contributed by atoms with Crippen molar-refractivity contribution in [2.24, 2.45) is 0 Å². The maximum atomic E-state index is 5.70. The number of rotatable bonds is 7. The molecule has 0 saturated carbocycles. The van der Waals surface area contributed by atoms with Gasteiger partial charge in [0.2, 0.25) is 0 Å². The summed E-state index contributed by atoms with van der Waals surface area (Å²) in [6.07, 6.45) is 0. The minimum Gasteiger partial charge on any atom is -0.489 e. The fourth-order valence-electron chi connectivity index (χ4n) is 1.53. The molecule has 0 aliphatic carbocycles. The second-order valence-corrected chi connectivity index (χ2v) is 5.30. The average molecular weight is 247 g/mol. The van der Waals surface area contributed by atoms with Crippen molar-refractivity contribution in [2.75, 3.05) is 13.2 Å². The van der Waals surface area contributed by atoms with Crippen LogP contribution >= 0.6 is 0 Å². The van der Waals surface area contributed by atoms with E-state index in [1.807, 2.05) is 12.1 Å². The third-order valence-electron chi connectivity index (χ3n) is 2.75. The highest BCUT2D eigenvalue weighted by Crippen LogP contribution is 2.18. The van der Waals surface area contributed by atoms with Gasteiger partial charge in [-0.05, 0) is 29.2 Å². The van der Waals surface area contributed by atoms with Crippen LogP contribution in [0.15, 0.2) is 36.4 Å². The Morgan fingerprint density at radius 2 is 1.78 bits per heavy atom. The maximum Gasteiger partial charge on any atom is 0.119 e. The molecule has 0 spiro atoms. The molecular formula is C16H25NO. The fraction of sp³-hybridized carbons (Fsp3) is 0.500. The van der Waals surface area contributed by atoms with E-state index in [1.54, 1.807) is 0 Å². The molecule has 0 fully saturated rings. The first-order valence-electron chi connectivity index (χ1n) is 6.62. The van der Waals surface area contributed by atoms with E-state index in [-0.39, 0.29) is 0 Å². The summed E-state index contributed by atoms with van der Waals surface area (Å²) in [5.41, 5.74) is 2.40. The summed E-state index contributed by atoms with van der Waals surface area (Å²) in [5, 5.41) is 3.33. The van der Waals surface area contributed by atoms with Gasteiger partial charge >= 0.3 is 0 Å². The number of hydrogen-bond acceptors (Lipinski definition) is 2. The summed E-state index contributed by atoms with van der Waals surface area (Å²) in [6, 6.07) is 8.77. The number of hydrogen-bond donors (Lipinski definition) is 1. The van der Waals surface area contributed by atoms with Crippen LogP contribution < -0.4 is 10.1 Å². The normalized spacial score (nSPS) is 11.0. The SMILES string of the molecule is C=C(CNC(C)C)COc1ccc(C(C)C)cc1. The van der Waals surface area contributed by atoms with Crippen molar-refractivity contribution in [3.05, 3.63) is 42.0 Å². The summed E-state index contributed by atoms with van der Waals surface area (Å²) in [5.74, 6) is 1.47. The van der Waals surface area contributed by atoms with Crippen molar-refractivity contribution < 1.29 is 4.74 Å². The molecule has 2 heteroatoms. The van der Waals surface area contributed by atoms with Gasteiger partial charge in [-0.15, -0.1) is 0 Å². The Morgan fingerprint density at radius 3 is 2.28 bits per heavy atom. The van der Waals surface area contributed by atoms with E-state index >= 15 is 0 Å². The molecule has 18 heavy (non-hydrogen) atoms. The molecule has 1 aromatic carbocycles. The second-order valence-electron chi connectivity index (χ2n) is 5.30. The van der Waals surface area contributed by atoms with Gasteiger partial charge in [-0.3, -0.25) is 0 Å². The van der Waals surface area contributed by atoms with Crippen LogP contribution in [-0.2, 0) is 0 Å². The van der Waals surface area contributed by atoms with Crippen molar-refractivity contribution in [1.29, 1.82) is 0 Å². The van der Waals surface area contributed by atoms with Gasteiger partial charge in [0.1, 0.15) is 12.4 Å². The third-order valence-corrected chi connectivity index (χ3v) is 2.75. The molecule has 0 aliphatic heterocycles. The fourth-order valence-corrected chi connectivity index (χ4v) is 1.53. The van der Waals surface area contributed by atoms with Gasteiger partial charge < -0.3 is 10.1 Å². The highest BCUT2D eigenvalue weighted by molar-refractivity contribution is 5.29. The Morgan fingerprint density at radius 1 is 1.17 bits per heavy atom.